The first-order valence-electron chi connectivity index (χ1n) is 10.6. The van der Waals surface area contributed by atoms with Crippen LogP contribution < -0.4 is 5.32 Å². The number of benzene rings is 2. The fourth-order valence-electron chi connectivity index (χ4n) is 4.34. The Balaban J connectivity index is 1.16. The van der Waals surface area contributed by atoms with E-state index in [1.54, 1.807) is 0 Å². The molecule has 5 rings (SSSR count). The number of carboxylic acids is 1. The number of aromatic nitrogens is 2. The Labute approximate surface area is 189 Å². The van der Waals surface area contributed by atoms with Crippen LogP contribution in [0.2, 0.25) is 0 Å². The van der Waals surface area contributed by atoms with Gasteiger partial charge in [0, 0.05) is 25.2 Å². The third kappa shape index (κ3) is 4.05. The van der Waals surface area contributed by atoms with Crippen molar-refractivity contribution in [2.75, 3.05) is 25.0 Å². The van der Waals surface area contributed by atoms with Crippen molar-refractivity contribution >= 4 is 23.7 Å². The number of amides is 2. The van der Waals surface area contributed by atoms with E-state index in [2.05, 4.69) is 34.7 Å². The van der Waals surface area contributed by atoms with Crippen LogP contribution in [0.1, 0.15) is 17.0 Å². The normalized spacial score (nSPS) is 14.8. The van der Waals surface area contributed by atoms with Crippen LogP contribution in [0.3, 0.4) is 0 Å². The van der Waals surface area contributed by atoms with Gasteiger partial charge in [0.1, 0.15) is 13.2 Å². The topological polar surface area (TPSA) is 114 Å². The maximum Gasteiger partial charge on any atom is 0.411 e. The molecule has 3 aromatic rings. The largest absolute Gasteiger partial charge is 0.481 e. The van der Waals surface area contributed by atoms with Gasteiger partial charge in [0.2, 0.25) is 5.91 Å². The van der Waals surface area contributed by atoms with E-state index in [9.17, 15) is 14.4 Å². The van der Waals surface area contributed by atoms with Crippen molar-refractivity contribution < 1.29 is 24.2 Å². The molecule has 2 amide bonds. The van der Waals surface area contributed by atoms with E-state index in [-0.39, 0.29) is 38.1 Å². The Hall–Kier alpha value is -4.14. The second-order valence-corrected chi connectivity index (χ2v) is 8.21. The third-order valence-electron chi connectivity index (χ3n) is 6.10. The zero-order valence-electron chi connectivity index (χ0n) is 17.7. The van der Waals surface area contributed by atoms with Gasteiger partial charge in [0.25, 0.3) is 0 Å². The smallest absolute Gasteiger partial charge is 0.411 e. The molecule has 168 valence electrons. The molecule has 0 spiro atoms. The van der Waals surface area contributed by atoms with Crippen molar-refractivity contribution in [3.8, 4) is 11.1 Å². The quantitative estimate of drug-likeness (QED) is 0.602. The minimum Gasteiger partial charge on any atom is -0.481 e. The van der Waals surface area contributed by atoms with Crippen LogP contribution in [-0.2, 0) is 20.9 Å². The van der Waals surface area contributed by atoms with Crippen molar-refractivity contribution in [3.63, 3.8) is 0 Å². The third-order valence-corrected chi connectivity index (χ3v) is 6.10. The lowest BCUT2D eigenvalue weighted by atomic mass is 9.98. The fourth-order valence-corrected chi connectivity index (χ4v) is 4.34. The number of fused-ring (bicyclic) bond motifs is 3. The molecule has 1 fully saturated rings. The molecule has 9 nitrogen and oxygen atoms in total. The Bertz CT molecular complexity index is 1190. The number of hydrogen-bond acceptors (Lipinski definition) is 5. The number of carboxylic acid groups (broad SMARTS) is 1. The van der Waals surface area contributed by atoms with Gasteiger partial charge in [0.15, 0.2) is 0 Å². The summed E-state index contributed by atoms with van der Waals surface area (Å²) in [4.78, 5) is 36.9. The number of rotatable bonds is 6. The van der Waals surface area contributed by atoms with Gasteiger partial charge in [-0.15, -0.1) is 0 Å². The molecular formula is C24H22N4O5. The van der Waals surface area contributed by atoms with Gasteiger partial charge >= 0.3 is 12.1 Å². The molecule has 1 aromatic heterocycles. The van der Waals surface area contributed by atoms with Crippen LogP contribution in [-0.4, -0.2) is 57.5 Å². The first-order chi connectivity index (χ1) is 16.0. The van der Waals surface area contributed by atoms with Gasteiger partial charge < -0.3 is 14.7 Å². The second-order valence-electron chi connectivity index (χ2n) is 8.21. The van der Waals surface area contributed by atoms with E-state index in [0.717, 1.165) is 22.3 Å². The predicted molar refractivity (Wildman–Crippen MR) is 119 cm³/mol. The van der Waals surface area contributed by atoms with Crippen molar-refractivity contribution in [1.82, 2.24) is 14.7 Å². The lowest BCUT2D eigenvalue weighted by Crippen LogP contribution is -2.53. The molecule has 1 aliphatic carbocycles. The van der Waals surface area contributed by atoms with Crippen molar-refractivity contribution in [1.29, 1.82) is 0 Å². The number of hydrogen-bond donors (Lipinski definition) is 2. The van der Waals surface area contributed by atoms with E-state index in [1.165, 1.54) is 22.0 Å². The van der Waals surface area contributed by atoms with Gasteiger partial charge in [-0.2, -0.15) is 5.10 Å². The SMILES string of the molecule is O=C(Nc1cnn(CC(=O)N2CC(C(=O)O)C2)c1)OCC1c2ccccc2-c2ccccc21. The number of carbonyl (C=O) groups excluding carboxylic acids is 2. The Morgan fingerprint density at radius 3 is 2.30 bits per heavy atom. The Morgan fingerprint density at radius 2 is 1.67 bits per heavy atom. The average molecular weight is 446 g/mol. The van der Waals surface area contributed by atoms with Gasteiger partial charge in [-0.3, -0.25) is 19.6 Å². The Morgan fingerprint density at radius 1 is 1.03 bits per heavy atom. The summed E-state index contributed by atoms with van der Waals surface area (Å²) in [5.74, 6) is -1.65. The predicted octanol–water partition coefficient (Wildman–Crippen LogP) is 2.79. The van der Waals surface area contributed by atoms with Crippen molar-refractivity contribution in [2.24, 2.45) is 5.92 Å². The highest BCUT2D eigenvalue weighted by atomic mass is 16.5. The molecule has 0 atom stereocenters. The number of nitrogens with one attached hydrogen (secondary N) is 1. The van der Waals surface area contributed by atoms with Gasteiger partial charge in [-0.05, 0) is 22.3 Å². The van der Waals surface area contributed by atoms with Crippen LogP contribution >= 0.6 is 0 Å². The van der Waals surface area contributed by atoms with Gasteiger partial charge in [0.05, 0.1) is 17.8 Å². The van der Waals surface area contributed by atoms with E-state index in [4.69, 9.17) is 9.84 Å². The number of ether oxygens (including phenoxy) is 1. The number of carbonyl (C=O) groups is 3. The first-order valence-corrected chi connectivity index (χ1v) is 10.6. The summed E-state index contributed by atoms with van der Waals surface area (Å²) in [6, 6.07) is 16.2. The molecule has 1 saturated heterocycles. The molecule has 0 radical (unpaired) electrons. The summed E-state index contributed by atoms with van der Waals surface area (Å²) in [5, 5.41) is 15.6. The van der Waals surface area contributed by atoms with Gasteiger partial charge in [-0.1, -0.05) is 48.5 Å². The van der Waals surface area contributed by atoms with Crippen LogP contribution in [0.15, 0.2) is 60.9 Å². The molecule has 33 heavy (non-hydrogen) atoms. The van der Waals surface area contributed by atoms with E-state index in [1.807, 2.05) is 24.3 Å². The monoisotopic (exact) mass is 446 g/mol. The van der Waals surface area contributed by atoms with E-state index >= 15 is 0 Å². The molecule has 2 aromatic carbocycles. The molecule has 9 heteroatoms. The zero-order valence-corrected chi connectivity index (χ0v) is 17.7. The average Bonchev–Trinajstić information content (AvgIpc) is 3.33. The lowest BCUT2D eigenvalue weighted by Gasteiger charge is -2.36. The first kappa shape index (κ1) is 20.7. The highest BCUT2D eigenvalue weighted by Crippen LogP contribution is 2.44. The summed E-state index contributed by atoms with van der Waals surface area (Å²) in [5.41, 5.74) is 4.99. The summed E-state index contributed by atoms with van der Waals surface area (Å²) < 4.78 is 6.91. The molecule has 2 heterocycles. The number of likely N-dealkylation sites (tertiary alicyclic amines) is 1. The van der Waals surface area contributed by atoms with Crippen LogP contribution in [0.5, 0.6) is 0 Å². The molecule has 2 N–H and O–H groups in total. The highest BCUT2D eigenvalue weighted by Gasteiger charge is 2.35. The lowest BCUT2D eigenvalue weighted by molar-refractivity contribution is -0.153. The Kier molecular flexibility index (Phi) is 5.29. The summed E-state index contributed by atoms with van der Waals surface area (Å²) in [6.45, 7) is 0.589. The van der Waals surface area contributed by atoms with Crippen molar-refractivity contribution in [2.45, 2.75) is 12.5 Å². The maximum absolute atomic E-state index is 12.4. The molecule has 1 aliphatic heterocycles. The number of aliphatic carboxylic acids is 1. The van der Waals surface area contributed by atoms with E-state index < -0.39 is 18.0 Å². The fraction of sp³-hybridized carbons (Fsp3) is 0.250. The van der Waals surface area contributed by atoms with E-state index in [0.29, 0.717) is 5.69 Å². The highest BCUT2D eigenvalue weighted by molar-refractivity contribution is 5.85. The summed E-state index contributed by atoms with van der Waals surface area (Å²) in [6.07, 6.45) is 2.37. The van der Waals surface area contributed by atoms with Crippen LogP contribution in [0.25, 0.3) is 11.1 Å². The molecule has 0 saturated carbocycles. The molecule has 0 unspecified atom stereocenters. The maximum atomic E-state index is 12.4. The van der Waals surface area contributed by atoms with Crippen molar-refractivity contribution in [3.05, 3.63) is 72.1 Å². The number of nitrogens with zero attached hydrogens (tertiary/aromatic N) is 3. The summed E-state index contributed by atoms with van der Waals surface area (Å²) >= 11 is 0. The molecule has 2 aliphatic rings. The molecular weight excluding hydrogens is 424 g/mol. The standard InChI is InChI=1S/C24H22N4O5/c29-22(27-10-15(11-27)23(30)31)13-28-12-16(9-25-28)26-24(32)33-14-21-19-7-3-1-5-17(19)18-6-2-4-8-20(18)21/h1-9,12,15,21H,10-11,13-14H2,(H,26,32)(H,30,31). The van der Waals surface area contributed by atoms with Gasteiger partial charge in [-0.25, -0.2) is 4.79 Å². The molecule has 0 bridgehead atoms. The number of anilines is 1. The van der Waals surface area contributed by atoms with Crippen LogP contribution in [0.4, 0.5) is 10.5 Å². The minimum absolute atomic E-state index is 0.0291. The minimum atomic E-state index is -0.896. The van der Waals surface area contributed by atoms with Crippen LogP contribution in [0, 0.1) is 5.92 Å². The zero-order chi connectivity index (χ0) is 22.9. The second kappa shape index (κ2) is 8.42. The summed E-state index contributed by atoms with van der Waals surface area (Å²) in [7, 11) is 0.